The quantitative estimate of drug-likeness (QED) is 0.644. The molecule has 0 spiro atoms. The van der Waals surface area contributed by atoms with Gasteiger partial charge in [0.15, 0.2) is 12.2 Å². The molecule has 0 saturated carbocycles. The van der Waals surface area contributed by atoms with Gasteiger partial charge in [0.05, 0.1) is 6.20 Å². The molecule has 2 aromatic carbocycles. The fourth-order valence-electron chi connectivity index (χ4n) is 4.83. The lowest BCUT2D eigenvalue weighted by atomic mass is 9.84. The van der Waals surface area contributed by atoms with Crippen molar-refractivity contribution in [2.75, 3.05) is 0 Å². The maximum atomic E-state index is 13.3. The summed E-state index contributed by atoms with van der Waals surface area (Å²) in [4.78, 5) is 19.3. The molecule has 28 heavy (non-hydrogen) atoms. The number of nitrogens with zero attached hydrogens (tertiary/aromatic N) is 2. The average molecular weight is 376 g/mol. The third-order valence-corrected chi connectivity index (χ3v) is 6.14. The van der Waals surface area contributed by atoms with Crippen molar-refractivity contribution in [3.63, 3.8) is 0 Å². The highest BCUT2D eigenvalue weighted by Crippen LogP contribution is 2.43. The van der Waals surface area contributed by atoms with Crippen LogP contribution in [0.25, 0.3) is 11.3 Å². The number of amides is 1. The third kappa shape index (κ3) is 3.01. The van der Waals surface area contributed by atoms with Crippen LogP contribution in [-0.2, 0) is 0 Å². The highest BCUT2D eigenvalue weighted by molar-refractivity contribution is 5.96. The number of benzene rings is 2. The number of oxazole rings is 1. The van der Waals surface area contributed by atoms with E-state index in [-0.39, 0.29) is 23.8 Å². The van der Waals surface area contributed by atoms with Crippen LogP contribution in [0.15, 0.2) is 65.5 Å². The predicted molar refractivity (Wildman–Crippen MR) is 103 cm³/mol. The van der Waals surface area contributed by atoms with Gasteiger partial charge in [0.2, 0.25) is 0 Å². The number of hydrogen-bond acceptors (Lipinski definition) is 3. The van der Waals surface area contributed by atoms with Gasteiger partial charge in [-0.1, -0.05) is 24.3 Å². The summed E-state index contributed by atoms with van der Waals surface area (Å²) in [6, 6.07) is 14.9. The zero-order valence-corrected chi connectivity index (χ0v) is 15.4. The molecule has 3 aromatic rings. The Balaban J connectivity index is 1.37. The summed E-state index contributed by atoms with van der Waals surface area (Å²) in [6.45, 7) is 0. The average Bonchev–Trinajstić information content (AvgIpc) is 3.35. The highest BCUT2D eigenvalue weighted by atomic mass is 19.1. The summed E-state index contributed by atoms with van der Waals surface area (Å²) in [5.74, 6) is 0.938. The molecule has 1 amide bonds. The number of halogens is 1. The Morgan fingerprint density at radius 2 is 1.82 bits per heavy atom. The molecule has 3 atom stereocenters. The molecule has 1 aromatic heterocycles. The standard InChI is InChI=1S/C23H21FN2O2/c24-19-6-4-15(5-7-19)18-11-20-8-9-21(12-18)26(20)23(27)17-3-1-2-16(10-17)22-13-25-14-28-22/h1-7,10,13-14,18,20-21H,8-9,11-12H2/t18?,20-,21+. The van der Waals surface area contributed by atoms with E-state index in [1.54, 1.807) is 6.20 Å². The molecular weight excluding hydrogens is 355 g/mol. The van der Waals surface area contributed by atoms with Crippen LogP contribution in [0.1, 0.15) is 47.5 Å². The third-order valence-electron chi connectivity index (χ3n) is 6.14. The minimum Gasteiger partial charge on any atom is -0.444 e. The number of aromatic nitrogens is 1. The van der Waals surface area contributed by atoms with E-state index in [0.29, 0.717) is 17.2 Å². The van der Waals surface area contributed by atoms with Gasteiger partial charge in [-0.2, -0.15) is 0 Å². The maximum Gasteiger partial charge on any atom is 0.254 e. The summed E-state index contributed by atoms with van der Waals surface area (Å²) in [7, 11) is 0. The van der Waals surface area contributed by atoms with E-state index in [1.165, 1.54) is 24.1 Å². The molecule has 2 fully saturated rings. The monoisotopic (exact) mass is 376 g/mol. The highest BCUT2D eigenvalue weighted by Gasteiger charge is 2.43. The lowest BCUT2D eigenvalue weighted by Gasteiger charge is -2.39. The van der Waals surface area contributed by atoms with Gasteiger partial charge in [-0.25, -0.2) is 9.37 Å². The van der Waals surface area contributed by atoms with Crippen LogP contribution < -0.4 is 0 Å². The van der Waals surface area contributed by atoms with Gasteiger partial charge in [-0.05, 0) is 61.4 Å². The van der Waals surface area contributed by atoms with Gasteiger partial charge in [-0.3, -0.25) is 4.79 Å². The normalized spacial score (nSPS) is 23.8. The van der Waals surface area contributed by atoms with Gasteiger partial charge < -0.3 is 9.32 Å². The van der Waals surface area contributed by atoms with Crippen LogP contribution in [-0.4, -0.2) is 27.9 Å². The Labute approximate surface area is 163 Å². The van der Waals surface area contributed by atoms with Crippen LogP contribution in [0.4, 0.5) is 4.39 Å². The second-order valence-corrected chi connectivity index (χ2v) is 7.76. The number of carbonyl (C=O) groups is 1. The lowest BCUT2D eigenvalue weighted by Crippen LogP contribution is -2.46. The molecule has 142 valence electrons. The van der Waals surface area contributed by atoms with Crippen molar-refractivity contribution in [1.29, 1.82) is 0 Å². The molecule has 2 aliphatic heterocycles. The molecule has 0 N–H and O–H groups in total. The predicted octanol–water partition coefficient (Wildman–Crippen LogP) is 5.03. The SMILES string of the molecule is O=C(c1cccc(-c2cnco2)c1)N1[C@@H]2CC[C@H]1CC(c1ccc(F)cc1)C2. The Bertz CT molecular complexity index is 970. The van der Waals surface area contributed by atoms with Crippen LogP contribution in [0.5, 0.6) is 0 Å². The molecule has 1 unspecified atom stereocenters. The maximum absolute atomic E-state index is 13.3. The second-order valence-electron chi connectivity index (χ2n) is 7.76. The molecule has 2 bridgehead atoms. The Morgan fingerprint density at radius 3 is 2.50 bits per heavy atom. The van der Waals surface area contributed by atoms with E-state index in [1.807, 2.05) is 36.4 Å². The molecule has 2 aliphatic rings. The zero-order valence-electron chi connectivity index (χ0n) is 15.4. The van der Waals surface area contributed by atoms with Gasteiger partial charge in [0, 0.05) is 23.2 Å². The molecular formula is C23H21FN2O2. The minimum absolute atomic E-state index is 0.0893. The number of piperidine rings is 1. The van der Waals surface area contributed by atoms with Crippen LogP contribution in [0, 0.1) is 5.82 Å². The first kappa shape index (κ1) is 17.2. The first-order valence-electron chi connectivity index (χ1n) is 9.76. The van der Waals surface area contributed by atoms with Crippen LogP contribution >= 0.6 is 0 Å². The Hall–Kier alpha value is -2.95. The van der Waals surface area contributed by atoms with E-state index in [2.05, 4.69) is 9.88 Å². The van der Waals surface area contributed by atoms with Crippen LogP contribution in [0.2, 0.25) is 0 Å². The van der Waals surface area contributed by atoms with Crippen molar-refractivity contribution < 1.29 is 13.6 Å². The minimum atomic E-state index is -0.203. The molecule has 2 saturated heterocycles. The van der Waals surface area contributed by atoms with Gasteiger partial charge in [0.1, 0.15) is 5.82 Å². The Kier molecular flexibility index (Phi) is 4.23. The number of rotatable bonds is 3. The largest absolute Gasteiger partial charge is 0.444 e. The molecule has 5 rings (SSSR count). The van der Waals surface area contributed by atoms with Crippen molar-refractivity contribution in [2.24, 2.45) is 0 Å². The van der Waals surface area contributed by atoms with Gasteiger partial charge in [0.25, 0.3) is 5.91 Å². The Morgan fingerprint density at radius 1 is 1.07 bits per heavy atom. The first-order chi connectivity index (χ1) is 13.7. The van der Waals surface area contributed by atoms with E-state index < -0.39 is 0 Å². The summed E-state index contributed by atoms with van der Waals surface area (Å²) in [5, 5.41) is 0. The van der Waals surface area contributed by atoms with Crippen LogP contribution in [0.3, 0.4) is 0 Å². The fraction of sp³-hybridized carbons (Fsp3) is 0.304. The summed E-state index contributed by atoms with van der Waals surface area (Å²) in [5.41, 5.74) is 2.72. The molecule has 4 nitrogen and oxygen atoms in total. The van der Waals surface area contributed by atoms with E-state index in [4.69, 9.17) is 4.42 Å². The van der Waals surface area contributed by atoms with Crippen molar-refractivity contribution in [3.8, 4) is 11.3 Å². The summed E-state index contributed by atoms with van der Waals surface area (Å²) >= 11 is 0. The number of fused-ring (bicyclic) bond motifs is 2. The molecule has 0 radical (unpaired) electrons. The fourth-order valence-corrected chi connectivity index (χ4v) is 4.83. The summed E-state index contributed by atoms with van der Waals surface area (Å²) < 4.78 is 18.6. The smallest absolute Gasteiger partial charge is 0.254 e. The van der Waals surface area contributed by atoms with E-state index in [9.17, 15) is 9.18 Å². The number of hydrogen-bond donors (Lipinski definition) is 0. The molecule has 0 aliphatic carbocycles. The second kappa shape index (κ2) is 6.89. The molecule has 5 heteroatoms. The van der Waals surface area contributed by atoms with E-state index in [0.717, 1.165) is 31.2 Å². The van der Waals surface area contributed by atoms with Crippen molar-refractivity contribution >= 4 is 5.91 Å². The zero-order chi connectivity index (χ0) is 19.1. The van der Waals surface area contributed by atoms with Gasteiger partial charge >= 0.3 is 0 Å². The topological polar surface area (TPSA) is 46.3 Å². The van der Waals surface area contributed by atoms with Gasteiger partial charge in [-0.15, -0.1) is 0 Å². The van der Waals surface area contributed by atoms with Crippen molar-refractivity contribution in [2.45, 2.75) is 43.7 Å². The lowest BCUT2D eigenvalue weighted by molar-refractivity contribution is 0.0571. The molecule has 3 heterocycles. The van der Waals surface area contributed by atoms with E-state index >= 15 is 0 Å². The van der Waals surface area contributed by atoms with Crippen molar-refractivity contribution in [1.82, 2.24) is 9.88 Å². The first-order valence-corrected chi connectivity index (χ1v) is 9.76. The van der Waals surface area contributed by atoms with Crippen molar-refractivity contribution in [3.05, 3.63) is 78.1 Å². The number of carbonyl (C=O) groups excluding carboxylic acids is 1. The summed E-state index contributed by atoms with van der Waals surface area (Å²) in [6.07, 6.45) is 7.00.